The molecule has 10 heteroatoms. The molecule has 1 N–H and O–H groups in total. The predicted molar refractivity (Wildman–Crippen MR) is 130 cm³/mol. The fourth-order valence-corrected chi connectivity index (χ4v) is 5.07. The summed E-state index contributed by atoms with van der Waals surface area (Å²) >= 11 is 6.84. The number of Topliss-reactive ketones (excluding diaryl/α,β-unsaturated/α-hetero) is 1. The van der Waals surface area contributed by atoms with E-state index < -0.39 is 15.6 Å². The molecule has 0 fully saturated rings. The van der Waals surface area contributed by atoms with E-state index >= 15 is 0 Å². The second kappa shape index (κ2) is 9.38. The van der Waals surface area contributed by atoms with Gasteiger partial charge in [0.1, 0.15) is 0 Å². The molecule has 0 aliphatic rings. The van der Waals surface area contributed by atoms with Gasteiger partial charge < -0.3 is 0 Å². The number of carbonyl (C=O) groups is 1. The highest BCUT2D eigenvalue weighted by Gasteiger charge is 2.20. The Morgan fingerprint density at radius 2 is 1.70 bits per heavy atom. The highest BCUT2D eigenvalue weighted by atomic mass is 35.5. The number of fused-ring (bicyclic) bond motifs is 1. The monoisotopic (exact) mass is 499 g/mol. The number of ketones is 1. The molecule has 33 heavy (non-hydrogen) atoms. The maximum absolute atomic E-state index is 13.1. The largest absolute Gasteiger partial charge is 0.293 e. The van der Waals surface area contributed by atoms with Crippen LogP contribution in [0.3, 0.4) is 0 Å². The lowest BCUT2D eigenvalue weighted by Gasteiger charge is -2.15. The first-order chi connectivity index (χ1) is 15.7. The highest BCUT2D eigenvalue weighted by Crippen LogP contribution is 2.20. The summed E-state index contributed by atoms with van der Waals surface area (Å²) in [5.74, 6) is -0.273. The Labute approximate surface area is 199 Å². The van der Waals surface area contributed by atoms with Crippen LogP contribution in [0.4, 0.5) is 0 Å². The fraction of sp³-hybridized carbons (Fsp3) is 0.0870. The summed E-state index contributed by atoms with van der Waals surface area (Å²) < 4.78 is 26.8. The van der Waals surface area contributed by atoms with Gasteiger partial charge in [0.15, 0.2) is 10.9 Å². The van der Waals surface area contributed by atoms with Crippen molar-refractivity contribution in [3.8, 4) is 0 Å². The van der Waals surface area contributed by atoms with Crippen LogP contribution >= 0.6 is 23.4 Å². The molecule has 1 aromatic heterocycles. The van der Waals surface area contributed by atoms with Gasteiger partial charge in [0, 0.05) is 10.6 Å². The van der Waals surface area contributed by atoms with Gasteiger partial charge >= 0.3 is 0 Å². The van der Waals surface area contributed by atoms with Crippen LogP contribution in [0.25, 0.3) is 10.9 Å². The Balaban J connectivity index is 1.71. The second-order valence-corrected chi connectivity index (χ2v) is 10.2. The van der Waals surface area contributed by atoms with Gasteiger partial charge in [-0.05, 0) is 55.5 Å². The van der Waals surface area contributed by atoms with E-state index in [9.17, 15) is 18.0 Å². The van der Waals surface area contributed by atoms with Crippen molar-refractivity contribution in [2.24, 2.45) is 0 Å². The van der Waals surface area contributed by atoms with Crippen molar-refractivity contribution in [2.75, 3.05) is 10.6 Å². The number of benzene rings is 3. The molecule has 0 atom stereocenters. The first kappa shape index (κ1) is 23.0. The van der Waals surface area contributed by atoms with Crippen LogP contribution in [-0.2, 0) is 10.0 Å². The number of hydrogen-bond donors (Lipinski definition) is 1. The van der Waals surface area contributed by atoms with E-state index in [1.807, 2.05) is 6.92 Å². The molecular formula is C23H18ClN3O4S2. The van der Waals surface area contributed by atoms with Gasteiger partial charge in [-0.2, -0.15) is 13.1 Å². The molecular weight excluding hydrogens is 482 g/mol. The van der Waals surface area contributed by atoms with Crippen LogP contribution in [0.5, 0.6) is 0 Å². The second-order valence-electron chi connectivity index (χ2n) is 7.18. The molecule has 4 rings (SSSR count). The summed E-state index contributed by atoms with van der Waals surface area (Å²) in [5, 5.41) is 0.809. The van der Waals surface area contributed by atoms with E-state index in [0.29, 0.717) is 16.1 Å². The van der Waals surface area contributed by atoms with Crippen LogP contribution in [0.15, 0.2) is 87.6 Å². The Morgan fingerprint density at radius 3 is 2.39 bits per heavy atom. The summed E-state index contributed by atoms with van der Waals surface area (Å²) in [5.41, 5.74) is 1.16. The minimum Gasteiger partial charge on any atom is -0.293 e. The van der Waals surface area contributed by atoms with Gasteiger partial charge in [0.05, 0.1) is 21.6 Å². The fourth-order valence-electron chi connectivity index (χ4n) is 3.03. The molecule has 168 valence electrons. The maximum atomic E-state index is 13.1. The van der Waals surface area contributed by atoms with Crippen molar-refractivity contribution in [3.05, 3.63) is 99.3 Å². The number of para-hydroxylation sites is 1. The third-order valence-corrected chi connectivity index (χ3v) is 7.29. The van der Waals surface area contributed by atoms with Gasteiger partial charge in [0.2, 0.25) is 0 Å². The summed E-state index contributed by atoms with van der Waals surface area (Å²) in [6, 6.07) is 19.3. The maximum Gasteiger partial charge on any atom is 0.281 e. The highest BCUT2D eigenvalue weighted by molar-refractivity contribution is 7.99. The number of carbonyl (C=O) groups excluding carboxylic acids is 1. The number of aryl methyl sites for hydroxylation is 1. The molecule has 7 nitrogen and oxygen atoms in total. The number of aromatic nitrogens is 2. The van der Waals surface area contributed by atoms with Crippen LogP contribution in [-0.4, -0.2) is 29.6 Å². The molecule has 0 aliphatic carbocycles. The zero-order valence-corrected chi connectivity index (χ0v) is 19.7. The average Bonchev–Trinajstić information content (AvgIpc) is 2.80. The number of rotatable bonds is 7. The van der Waals surface area contributed by atoms with E-state index in [4.69, 9.17) is 11.6 Å². The molecule has 0 unspecified atom stereocenters. The molecule has 1 heterocycles. The summed E-state index contributed by atoms with van der Waals surface area (Å²) in [4.78, 5) is 32.5. The summed E-state index contributed by atoms with van der Waals surface area (Å²) in [7, 11) is -4.08. The summed E-state index contributed by atoms with van der Waals surface area (Å²) in [6.45, 7) is 1.84. The normalized spacial score (nSPS) is 11.5. The smallest absolute Gasteiger partial charge is 0.281 e. The Hall–Kier alpha value is -3.14. The third-order valence-electron chi connectivity index (χ3n) is 4.79. The van der Waals surface area contributed by atoms with Gasteiger partial charge in [0.25, 0.3) is 15.6 Å². The molecule has 0 saturated carbocycles. The van der Waals surface area contributed by atoms with Crippen LogP contribution in [0.1, 0.15) is 15.9 Å². The van der Waals surface area contributed by atoms with Crippen molar-refractivity contribution in [1.82, 2.24) is 9.66 Å². The molecule has 0 saturated heterocycles. The lowest BCUT2D eigenvalue weighted by Crippen LogP contribution is -2.35. The molecule has 0 amide bonds. The molecule has 0 spiro atoms. The Morgan fingerprint density at radius 1 is 1.03 bits per heavy atom. The zero-order chi connectivity index (χ0) is 23.6. The molecule has 0 aliphatic heterocycles. The lowest BCUT2D eigenvalue weighted by atomic mass is 10.1. The van der Waals surface area contributed by atoms with Crippen molar-refractivity contribution in [3.63, 3.8) is 0 Å². The number of halogens is 1. The standard InChI is InChI=1S/C23H18ClN3O4S2/c1-15-6-12-18(13-7-15)33(30,31)26-27-22(29)19-4-2-3-5-20(19)25-23(27)32-14-21(28)16-8-10-17(24)11-9-16/h2-13,26H,14H2,1H3. The SMILES string of the molecule is Cc1ccc(S(=O)(=O)Nn2c(SCC(=O)c3ccc(Cl)cc3)nc3ccccc3c2=O)cc1. The van der Waals surface area contributed by atoms with Gasteiger partial charge in [-0.25, -0.2) is 9.82 Å². The third kappa shape index (κ3) is 5.11. The van der Waals surface area contributed by atoms with Gasteiger partial charge in [-0.3, -0.25) is 9.59 Å². The van der Waals surface area contributed by atoms with Gasteiger partial charge in [-0.1, -0.05) is 53.2 Å². The quantitative estimate of drug-likeness (QED) is 0.232. The minimum absolute atomic E-state index is 0.00125. The van der Waals surface area contributed by atoms with E-state index in [2.05, 4.69) is 9.82 Å². The van der Waals surface area contributed by atoms with E-state index in [0.717, 1.165) is 22.0 Å². The first-order valence-corrected chi connectivity index (χ1v) is 12.6. The van der Waals surface area contributed by atoms with Crippen molar-refractivity contribution in [1.29, 1.82) is 0 Å². The number of sulfonamides is 1. The zero-order valence-electron chi connectivity index (χ0n) is 17.4. The van der Waals surface area contributed by atoms with Crippen LogP contribution in [0.2, 0.25) is 5.02 Å². The van der Waals surface area contributed by atoms with Crippen LogP contribution < -0.4 is 10.4 Å². The molecule has 4 aromatic rings. The van der Waals surface area contributed by atoms with Gasteiger partial charge in [-0.15, -0.1) is 0 Å². The molecule has 0 bridgehead atoms. The average molecular weight is 500 g/mol. The van der Waals surface area contributed by atoms with Crippen molar-refractivity contribution < 1.29 is 13.2 Å². The summed E-state index contributed by atoms with van der Waals surface area (Å²) in [6.07, 6.45) is 0. The number of hydrogen-bond acceptors (Lipinski definition) is 6. The van der Waals surface area contributed by atoms with E-state index in [-0.39, 0.29) is 27.0 Å². The topological polar surface area (TPSA) is 98.1 Å². The lowest BCUT2D eigenvalue weighted by molar-refractivity contribution is 0.102. The first-order valence-electron chi connectivity index (χ1n) is 9.77. The molecule has 3 aromatic carbocycles. The number of nitrogens with one attached hydrogen (secondary N) is 1. The van der Waals surface area contributed by atoms with Crippen molar-refractivity contribution >= 4 is 50.1 Å². The van der Waals surface area contributed by atoms with E-state index in [1.165, 1.54) is 12.1 Å². The Kier molecular flexibility index (Phi) is 6.55. The number of thioether (sulfide) groups is 1. The minimum atomic E-state index is -4.08. The van der Waals surface area contributed by atoms with Crippen molar-refractivity contribution in [2.45, 2.75) is 17.0 Å². The molecule has 0 radical (unpaired) electrons. The Bertz CT molecular complexity index is 1500. The number of nitrogens with zero attached hydrogens (tertiary/aromatic N) is 2. The van der Waals surface area contributed by atoms with Crippen LogP contribution in [0, 0.1) is 6.92 Å². The predicted octanol–water partition coefficient (Wildman–Crippen LogP) is 4.27. The van der Waals surface area contributed by atoms with E-state index in [1.54, 1.807) is 60.7 Å².